The number of carboxylic acids is 1. The van der Waals surface area contributed by atoms with E-state index in [0.717, 1.165) is 24.5 Å². The summed E-state index contributed by atoms with van der Waals surface area (Å²) in [5.74, 6) is -0.211. The lowest BCUT2D eigenvalue weighted by molar-refractivity contribution is -0.137. The molecule has 1 unspecified atom stereocenters. The van der Waals surface area contributed by atoms with Crippen molar-refractivity contribution in [3.63, 3.8) is 0 Å². The Balaban J connectivity index is 1.68. The Kier molecular flexibility index (Phi) is 7.00. The van der Waals surface area contributed by atoms with Gasteiger partial charge in [-0.25, -0.2) is 4.98 Å². The summed E-state index contributed by atoms with van der Waals surface area (Å²) in [5.41, 5.74) is 1.38. The van der Waals surface area contributed by atoms with Gasteiger partial charge in [0.05, 0.1) is 11.6 Å². The van der Waals surface area contributed by atoms with Gasteiger partial charge in [0, 0.05) is 25.7 Å². The van der Waals surface area contributed by atoms with Gasteiger partial charge >= 0.3 is 5.97 Å². The minimum atomic E-state index is -0.876. The zero-order chi connectivity index (χ0) is 19.8. The fourth-order valence-corrected chi connectivity index (χ4v) is 3.52. The van der Waals surface area contributed by atoms with E-state index in [9.17, 15) is 9.59 Å². The largest absolute Gasteiger partial charge is 0.481 e. The number of benzene rings is 1. The number of aliphatic carboxylic acids is 1. The predicted octanol–water partition coefficient (Wildman–Crippen LogP) is 3.80. The molecule has 1 fully saturated rings. The number of nitrogens with one attached hydrogen (secondary N) is 1. The molecule has 1 aromatic heterocycles. The third-order valence-electron chi connectivity index (χ3n) is 5.09. The summed E-state index contributed by atoms with van der Waals surface area (Å²) in [4.78, 5) is 30.4. The number of aromatic nitrogens is 1. The average Bonchev–Trinajstić information content (AvgIpc) is 3.01. The molecule has 0 saturated carbocycles. The monoisotopic (exact) mass is 381 g/mol. The molecule has 3 rings (SSSR count). The molecule has 1 amide bonds. The van der Waals surface area contributed by atoms with Gasteiger partial charge in [0.1, 0.15) is 5.82 Å². The van der Waals surface area contributed by atoms with Crippen molar-refractivity contribution in [2.45, 2.75) is 44.6 Å². The SMILES string of the molecule is O=C(O)CCC(NC(=O)c1ccc(N2CCCCCC2)nc1)c1ccccc1. The van der Waals surface area contributed by atoms with Crippen molar-refractivity contribution in [2.75, 3.05) is 18.0 Å². The van der Waals surface area contributed by atoms with E-state index in [2.05, 4.69) is 15.2 Å². The molecule has 2 heterocycles. The fourth-order valence-electron chi connectivity index (χ4n) is 3.52. The first-order chi connectivity index (χ1) is 13.6. The zero-order valence-corrected chi connectivity index (χ0v) is 16.0. The first-order valence-corrected chi connectivity index (χ1v) is 9.92. The molecule has 1 aliphatic heterocycles. The second-order valence-electron chi connectivity index (χ2n) is 7.18. The van der Waals surface area contributed by atoms with Gasteiger partial charge in [-0.15, -0.1) is 0 Å². The molecule has 1 saturated heterocycles. The van der Waals surface area contributed by atoms with E-state index in [1.807, 2.05) is 36.4 Å². The van der Waals surface area contributed by atoms with E-state index in [-0.39, 0.29) is 18.4 Å². The number of carbonyl (C=O) groups is 2. The Morgan fingerprint density at radius 3 is 2.36 bits per heavy atom. The van der Waals surface area contributed by atoms with E-state index in [4.69, 9.17) is 5.11 Å². The summed E-state index contributed by atoms with van der Waals surface area (Å²) in [6.45, 7) is 2.01. The van der Waals surface area contributed by atoms with Crippen LogP contribution in [0, 0.1) is 0 Å². The molecule has 148 valence electrons. The van der Waals surface area contributed by atoms with Gasteiger partial charge in [-0.1, -0.05) is 43.2 Å². The van der Waals surface area contributed by atoms with Crippen LogP contribution >= 0.6 is 0 Å². The van der Waals surface area contributed by atoms with Gasteiger partial charge in [0.25, 0.3) is 5.91 Å². The van der Waals surface area contributed by atoms with Crippen LogP contribution in [0.15, 0.2) is 48.7 Å². The summed E-state index contributed by atoms with van der Waals surface area (Å²) in [6.07, 6.45) is 6.80. The molecule has 1 atom stereocenters. The van der Waals surface area contributed by atoms with Crippen molar-refractivity contribution in [3.8, 4) is 0 Å². The van der Waals surface area contributed by atoms with Crippen LogP contribution in [0.4, 0.5) is 5.82 Å². The number of carbonyl (C=O) groups excluding carboxylic acids is 1. The van der Waals surface area contributed by atoms with E-state index >= 15 is 0 Å². The van der Waals surface area contributed by atoms with Crippen molar-refractivity contribution in [1.82, 2.24) is 10.3 Å². The first kappa shape index (κ1) is 19.9. The van der Waals surface area contributed by atoms with Crippen LogP contribution < -0.4 is 10.2 Å². The summed E-state index contributed by atoms with van der Waals surface area (Å²) in [5, 5.41) is 12.0. The van der Waals surface area contributed by atoms with Gasteiger partial charge in [-0.3, -0.25) is 9.59 Å². The molecule has 1 aromatic carbocycles. The quantitative estimate of drug-likeness (QED) is 0.762. The van der Waals surface area contributed by atoms with E-state index in [0.29, 0.717) is 12.0 Å². The zero-order valence-electron chi connectivity index (χ0n) is 16.0. The highest BCUT2D eigenvalue weighted by molar-refractivity contribution is 5.94. The van der Waals surface area contributed by atoms with Gasteiger partial charge in [-0.05, 0) is 37.0 Å². The van der Waals surface area contributed by atoms with Crippen molar-refractivity contribution in [2.24, 2.45) is 0 Å². The summed E-state index contributed by atoms with van der Waals surface area (Å²) in [6, 6.07) is 12.8. The highest BCUT2D eigenvalue weighted by Crippen LogP contribution is 2.20. The van der Waals surface area contributed by atoms with Crippen molar-refractivity contribution in [1.29, 1.82) is 0 Å². The molecule has 28 heavy (non-hydrogen) atoms. The van der Waals surface area contributed by atoms with Crippen LogP contribution in [0.3, 0.4) is 0 Å². The molecule has 0 radical (unpaired) electrons. The highest BCUT2D eigenvalue weighted by atomic mass is 16.4. The maximum atomic E-state index is 12.7. The standard InChI is InChI=1S/C22H27N3O3/c26-21(27)13-11-19(17-8-4-3-5-9-17)24-22(28)18-10-12-20(23-16-18)25-14-6-1-2-7-15-25/h3-5,8-10,12,16,19H,1-2,6-7,11,13-15H2,(H,24,28)(H,26,27). The van der Waals surface area contributed by atoms with E-state index in [1.165, 1.54) is 25.7 Å². The first-order valence-electron chi connectivity index (χ1n) is 9.92. The Labute approximate surface area is 165 Å². The van der Waals surface area contributed by atoms with Crippen molar-refractivity contribution >= 4 is 17.7 Å². The minimum absolute atomic E-state index is 0.00795. The number of pyridine rings is 1. The molecule has 0 aliphatic carbocycles. The van der Waals surface area contributed by atoms with Crippen molar-refractivity contribution < 1.29 is 14.7 Å². The normalized spacial score (nSPS) is 15.5. The molecule has 2 aromatic rings. The molecule has 2 N–H and O–H groups in total. The van der Waals surface area contributed by atoms with E-state index < -0.39 is 5.97 Å². The molecule has 1 aliphatic rings. The fraction of sp³-hybridized carbons (Fsp3) is 0.409. The second-order valence-corrected chi connectivity index (χ2v) is 7.18. The smallest absolute Gasteiger partial charge is 0.303 e. The molecule has 0 bridgehead atoms. The topological polar surface area (TPSA) is 82.5 Å². The van der Waals surface area contributed by atoms with Crippen LogP contribution in [-0.2, 0) is 4.79 Å². The number of hydrogen-bond donors (Lipinski definition) is 2. The van der Waals surface area contributed by atoms with Crippen LogP contribution in [0.2, 0.25) is 0 Å². The highest BCUT2D eigenvalue weighted by Gasteiger charge is 2.18. The number of anilines is 1. The lowest BCUT2D eigenvalue weighted by Crippen LogP contribution is -2.29. The molecular formula is C22H27N3O3. The summed E-state index contributed by atoms with van der Waals surface area (Å²) in [7, 11) is 0. The van der Waals surface area contributed by atoms with Crippen LogP contribution in [0.5, 0.6) is 0 Å². The van der Waals surface area contributed by atoms with Crippen molar-refractivity contribution in [3.05, 3.63) is 59.8 Å². The van der Waals surface area contributed by atoms with Gasteiger partial charge < -0.3 is 15.3 Å². The Hall–Kier alpha value is -2.89. The number of amides is 1. The van der Waals surface area contributed by atoms with Crippen LogP contribution in [0.1, 0.15) is 60.5 Å². The van der Waals surface area contributed by atoms with Gasteiger partial charge in [-0.2, -0.15) is 0 Å². The number of nitrogens with zero attached hydrogens (tertiary/aromatic N) is 2. The average molecular weight is 381 g/mol. The molecule has 0 spiro atoms. The minimum Gasteiger partial charge on any atom is -0.481 e. The maximum Gasteiger partial charge on any atom is 0.303 e. The number of hydrogen-bond acceptors (Lipinski definition) is 4. The lowest BCUT2D eigenvalue weighted by atomic mass is 10.0. The predicted molar refractivity (Wildman–Crippen MR) is 108 cm³/mol. The third kappa shape index (κ3) is 5.55. The van der Waals surface area contributed by atoms with Crippen LogP contribution in [0.25, 0.3) is 0 Å². The second kappa shape index (κ2) is 9.88. The molecule has 6 nitrogen and oxygen atoms in total. The third-order valence-corrected chi connectivity index (χ3v) is 5.09. The molecule has 6 heteroatoms. The summed E-state index contributed by atoms with van der Waals surface area (Å²) >= 11 is 0. The summed E-state index contributed by atoms with van der Waals surface area (Å²) < 4.78 is 0. The Morgan fingerprint density at radius 1 is 1.04 bits per heavy atom. The maximum absolute atomic E-state index is 12.7. The number of rotatable bonds is 7. The Bertz CT molecular complexity index is 769. The lowest BCUT2D eigenvalue weighted by Gasteiger charge is -2.22. The molecular weight excluding hydrogens is 354 g/mol. The Morgan fingerprint density at radius 2 is 1.75 bits per heavy atom. The number of carboxylic acid groups (broad SMARTS) is 1. The van der Waals surface area contributed by atoms with E-state index in [1.54, 1.807) is 12.3 Å². The van der Waals surface area contributed by atoms with Gasteiger partial charge in [0.2, 0.25) is 0 Å². The van der Waals surface area contributed by atoms with Gasteiger partial charge in [0.15, 0.2) is 0 Å². The van der Waals surface area contributed by atoms with Crippen LogP contribution in [-0.4, -0.2) is 35.1 Å².